The van der Waals surface area contributed by atoms with Gasteiger partial charge >= 0.3 is 6.18 Å². The highest BCUT2D eigenvalue weighted by Crippen LogP contribution is 2.28. The zero-order valence-electron chi connectivity index (χ0n) is 12.1. The van der Waals surface area contributed by atoms with Crippen molar-refractivity contribution < 1.29 is 13.2 Å². The van der Waals surface area contributed by atoms with E-state index >= 15 is 0 Å². The number of aromatic nitrogens is 1. The van der Waals surface area contributed by atoms with E-state index in [-0.39, 0.29) is 0 Å². The van der Waals surface area contributed by atoms with E-state index in [2.05, 4.69) is 16.8 Å². The van der Waals surface area contributed by atoms with Crippen LogP contribution in [0.15, 0.2) is 0 Å². The zero-order chi connectivity index (χ0) is 15.5. The van der Waals surface area contributed by atoms with Crippen LogP contribution >= 0.6 is 11.3 Å². The number of alkyl halides is 3. The van der Waals surface area contributed by atoms with Gasteiger partial charge in [0.15, 0.2) is 5.13 Å². The highest BCUT2D eigenvalue weighted by atomic mass is 32.1. The minimum Gasteiger partial charge on any atom is -0.346 e. The molecular weight excluding hydrogens is 301 g/mol. The van der Waals surface area contributed by atoms with Crippen molar-refractivity contribution in [1.29, 1.82) is 0 Å². The molecular formula is C13H21F3N4S. The summed E-state index contributed by atoms with van der Waals surface area (Å²) in [6.07, 6.45) is -2.21. The molecule has 0 aliphatic carbocycles. The van der Waals surface area contributed by atoms with E-state index in [1.165, 1.54) is 4.90 Å². The second kappa shape index (κ2) is 6.93. The molecule has 0 radical (unpaired) electrons. The topological polar surface area (TPSA) is 45.4 Å². The van der Waals surface area contributed by atoms with E-state index in [1.54, 1.807) is 11.3 Å². The third-order valence-corrected chi connectivity index (χ3v) is 4.67. The second-order valence-corrected chi connectivity index (χ2v) is 6.26. The van der Waals surface area contributed by atoms with Crippen LogP contribution < -0.4 is 10.6 Å². The fraction of sp³-hybridized carbons (Fsp3) is 0.769. The van der Waals surface area contributed by atoms with Crippen LogP contribution in [-0.2, 0) is 13.0 Å². The predicted octanol–water partition coefficient (Wildman–Crippen LogP) is 2.24. The first-order chi connectivity index (χ1) is 9.93. The molecule has 1 aliphatic rings. The Hall–Kier alpha value is -0.860. The predicted molar refractivity (Wildman–Crippen MR) is 78.7 cm³/mol. The first-order valence-electron chi connectivity index (χ1n) is 7.15. The molecule has 120 valence electrons. The van der Waals surface area contributed by atoms with Crippen LogP contribution in [0, 0.1) is 0 Å². The van der Waals surface area contributed by atoms with Gasteiger partial charge in [0, 0.05) is 37.6 Å². The number of rotatable bonds is 5. The lowest BCUT2D eigenvalue weighted by Crippen LogP contribution is -2.49. The van der Waals surface area contributed by atoms with Gasteiger partial charge < -0.3 is 10.6 Å². The molecule has 0 bridgehead atoms. The highest BCUT2D eigenvalue weighted by Gasteiger charge is 2.32. The summed E-state index contributed by atoms with van der Waals surface area (Å²) in [7, 11) is 0. The molecule has 0 amide bonds. The van der Waals surface area contributed by atoms with Crippen molar-refractivity contribution in [2.45, 2.75) is 32.5 Å². The van der Waals surface area contributed by atoms with Crippen molar-refractivity contribution in [3.05, 3.63) is 10.6 Å². The van der Waals surface area contributed by atoms with Crippen LogP contribution in [0.4, 0.5) is 18.3 Å². The lowest BCUT2D eigenvalue weighted by molar-refractivity contribution is -0.146. The van der Waals surface area contributed by atoms with E-state index in [1.807, 2.05) is 0 Å². The van der Waals surface area contributed by atoms with Gasteiger partial charge in [0.05, 0.1) is 12.2 Å². The number of nitrogens with zero attached hydrogens (tertiary/aromatic N) is 3. The molecule has 8 heteroatoms. The lowest BCUT2D eigenvalue weighted by Gasteiger charge is -2.34. The van der Waals surface area contributed by atoms with Gasteiger partial charge in [-0.2, -0.15) is 13.2 Å². The van der Waals surface area contributed by atoms with Gasteiger partial charge in [0.25, 0.3) is 0 Å². The Bertz CT molecular complexity index is 453. The summed E-state index contributed by atoms with van der Waals surface area (Å²) in [4.78, 5) is 9.22. The van der Waals surface area contributed by atoms with Crippen LogP contribution in [0.2, 0.25) is 0 Å². The van der Waals surface area contributed by atoms with Crippen molar-refractivity contribution in [2.75, 3.05) is 37.6 Å². The normalized spacial score (nSPS) is 17.5. The third kappa shape index (κ3) is 4.55. The maximum absolute atomic E-state index is 12.4. The number of aryl methyl sites for hydroxylation is 1. The average molecular weight is 322 g/mol. The third-order valence-electron chi connectivity index (χ3n) is 3.48. The van der Waals surface area contributed by atoms with E-state index < -0.39 is 12.7 Å². The van der Waals surface area contributed by atoms with Crippen LogP contribution in [0.5, 0.6) is 0 Å². The molecule has 2 heterocycles. The van der Waals surface area contributed by atoms with Crippen molar-refractivity contribution >= 4 is 16.5 Å². The van der Waals surface area contributed by atoms with Crippen molar-refractivity contribution in [1.82, 2.24) is 9.88 Å². The monoisotopic (exact) mass is 322 g/mol. The molecule has 0 atom stereocenters. The first kappa shape index (κ1) is 16.5. The fourth-order valence-corrected chi connectivity index (χ4v) is 3.48. The largest absolute Gasteiger partial charge is 0.401 e. The maximum atomic E-state index is 12.4. The highest BCUT2D eigenvalue weighted by molar-refractivity contribution is 7.15. The summed E-state index contributed by atoms with van der Waals surface area (Å²) >= 11 is 1.57. The molecule has 0 aromatic carbocycles. The Kier molecular flexibility index (Phi) is 5.45. The number of hydrogen-bond acceptors (Lipinski definition) is 5. The van der Waals surface area contributed by atoms with Crippen molar-refractivity contribution in [3.63, 3.8) is 0 Å². The Labute approximate surface area is 126 Å². The molecule has 0 spiro atoms. The molecule has 1 saturated heterocycles. The summed E-state index contributed by atoms with van der Waals surface area (Å²) < 4.78 is 37.1. The van der Waals surface area contributed by atoms with Gasteiger partial charge in [0.1, 0.15) is 0 Å². The Morgan fingerprint density at radius 3 is 2.43 bits per heavy atom. The van der Waals surface area contributed by atoms with Gasteiger partial charge in [-0.15, -0.1) is 11.3 Å². The van der Waals surface area contributed by atoms with Crippen molar-refractivity contribution in [3.8, 4) is 0 Å². The number of halogens is 3. The van der Waals surface area contributed by atoms with E-state index in [4.69, 9.17) is 5.73 Å². The van der Waals surface area contributed by atoms with Gasteiger partial charge in [-0.25, -0.2) is 4.98 Å². The Morgan fingerprint density at radius 2 is 1.90 bits per heavy atom. The summed E-state index contributed by atoms with van der Waals surface area (Å²) in [5.41, 5.74) is 6.77. The summed E-state index contributed by atoms with van der Waals surface area (Å²) in [6, 6.07) is 0. The smallest absolute Gasteiger partial charge is 0.346 e. The summed E-state index contributed by atoms with van der Waals surface area (Å²) in [5.74, 6) is 0. The lowest BCUT2D eigenvalue weighted by atomic mass is 10.2. The van der Waals surface area contributed by atoms with Crippen LogP contribution in [0.3, 0.4) is 0 Å². The second-order valence-electron chi connectivity index (χ2n) is 5.20. The van der Waals surface area contributed by atoms with E-state index in [0.717, 1.165) is 28.5 Å². The zero-order valence-corrected chi connectivity index (χ0v) is 12.9. The molecule has 1 aromatic rings. The molecule has 21 heavy (non-hydrogen) atoms. The molecule has 4 nitrogen and oxygen atoms in total. The van der Waals surface area contributed by atoms with Crippen LogP contribution in [-0.4, -0.2) is 48.8 Å². The molecule has 1 aromatic heterocycles. The van der Waals surface area contributed by atoms with Gasteiger partial charge in [0.2, 0.25) is 0 Å². The minimum atomic E-state index is -4.12. The molecule has 0 saturated carbocycles. The van der Waals surface area contributed by atoms with Gasteiger partial charge in [-0.1, -0.05) is 13.3 Å². The van der Waals surface area contributed by atoms with Crippen LogP contribution in [0.1, 0.15) is 23.9 Å². The maximum Gasteiger partial charge on any atom is 0.401 e. The number of hydrogen-bond donors (Lipinski definition) is 1. The quantitative estimate of drug-likeness (QED) is 0.903. The Morgan fingerprint density at radius 1 is 1.24 bits per heavy atom. The summed E-state index contributed by atoms with van der Waals surface area (Å²) in [5, 5.41) is 0.894. The van der Waals surface area contributed by atoms with Gasteiger partial charge in [-0.3, -0.25) is 4.90 Å². The van der Waals surface area contributed by atoms with E-state index in [0.29, 0.717) is 32.7 Å². The molecule has 1 aliphatic heterocycles. The fourth-order valence-electron chi connectivity index (χ4n) is 2.45. The first-order valence-corrected chi connectivity index (χ1v) is 7.97. The number of piperazine rings is 1. The minimum absolute atomic E-state index is 0.417. The van der Waals surface area contributed by atoms with Crippen LogP contribution in [0.25, 0.3) is 0 Å². The number of thiazole rings is 1. The molecule has 1 fully saturated rings. The number of nitrogens with two attached hydrogens (primary N) is 1. The van der Waals surface area contributed by atoms with Gasteiger partial charge in [-0.05, 0) is 6.42 Å². The SMILES string of the molecule is CCCc1nc(N2CCN(CC(F)(F)F)CC2)sc1CN. The van der Waals surface area contributed by atoms with Crippen molar-refractivity contribution in [2.24, 2.45) is 5.73 Å². The number of anilines is 1. The standard InChI is InChI=1S/C13H21F3N4S/c1-2-3-10-11(8-17)21-12(18-10)20-6-4-19(5-7-20)9-13(14,15)16/h2-9,17H2,1H3. The Balaban J connectivity index is 1.96. The average Bonchev–Trinajstić information content (AvgIpc) is 2.81. The molecule has 2 rings (SSSR count). The molecule has 0 unspecified atom stereocenters. The van der Waals surface area contributed by atoms with E-state index in [9.17, 15) is 13.2 Å². The summed E-state index contributed by atoms with van der Waals surface area (Å²) in [6.45, 7) is 3.74. The molecule has 2 N–H and O–H groups in total.